The predicted molar refractivity (Wildman–Crippen MR) is 121 cm³/mol. The van der Waals surface area contributed by atoms with Gasteiger partial charge >= 0.3 is 0 Å². The second-order valence-corrected chi connectivity index (χ2v) is 10.5. The number of amides is 4. The maximum Gasteiger partial charge on any atom is 0.249 e. The first-order chi connectivity index (χ1) is 15.9. The van der Waals surface area contributed by atoms with Gasteiger partial charge in [0.15, 0.2) is 0 Å². The number of piperidine rings is 2. The van der Waals surface area contributed by atoms with E-state index in [2.05, 4.69) is 10.2 Å². The minimum Gasteiger partial charge on any atom is -0.328 e. The van der Waals surface area contributed by atoms with Gasteiger partial charge in [0.1, 0.15) is 6.04 Å². The quantitative estimate of drug-likeness (QED) is 0.616. The van der Waals surface area contributed by atoms with Crippen LogP contribution in [0.1, 0.15) is 51.4 Å². The molecule has 0 radical (unpaired) electrons. The largest absolute Gasteiger partial charge is 0.328 e. The molecule has 3 unspecified atom stereocenters. The van der Waals surface area contributed by atoms with Gasteiger partial charge < -0.3 is 10.6 Å². The Labute approximate surface area is 194 Å². The maximum atomic E-state index is 13.2. The summed E-state index contributed by atoms with van der Waals surface area (Å²) in [5, 5.41) is 2.26. The molecule has 3 aliphatic heterocycles. The second-order valence-electron chi connectivity index (χ2n) is 10.5. The SMILES string of the molecule is NC1CCC(CN2CCC[C@@H](C3=CC4C(=O)N(C5CCC(=O)NC5=O)C(=O)C4C=C3)C2)CC1. The molecule has 0 aromatic rings. The number of hydrogen-bond acceptors (Lipinski definition) is 6. The molecular formula is C25H34N4O4. The molecule has 5 aliphatic rings. The number of carbonyl (C=O) groups is 4. The van der Waals surface area contributed by atoms with Gasteiger partial charge in [-0.25, -0.2) is 0 Å². The summed E-state index contributed by atoms with van der Waals surface area (Å²) in [5.74, 6) is -1.55. The van der Waals surface area contributed by atoms with Gasteiger partial charge in [-0.1, -0.05) is 18.2 Å². The minimum absolute atomic E-state index is 0.143. The fraction of sp³-hybridized carbons (Fsp3) is 0.680. The van der Waals surface area contributed by atoms with E-state index in [1.165, 1.54) is 12.8 Å². The molecule has 3 saturated heterocycles. The highest BCUT2D eigenvalue weighted by Gasteiger charge is 2.51. The van der Waals surface area contributed by atoms with E-state index < -0.39 is 23.8 Å². The summed E-state index contributed by atoms with van der Waals surface area (Å²) in [6.45, 7) is 3.21. The average Bonchev–Trinajstić information content (AvgIpc) is 3.05. The third-order valence-electron chi connectivity index (χ3n) is 8.21. The topological polar surface area (TPSA) is 113 Å². The first-order valence-electron chi connectivity index (χ1n) is 12.5. The van der Waals surface area contributed by atoms with Crippen LogP contribution < -0.4 is 11.1 Å². The van der Waals surface area contributed by atoms with Crippen molar-refractivity contribution in [3.05, 3.63) is 23.8 Å². The number of carbonyl (C=O) groups excluding carboxylic acids is 4. The highest BCUT2D eigenvalue weighted by molar-refractivity contribution is 6.12. The molecular weight excluding hydrogens is 420 g/mol. The molecule has 3 N–H and O–H groups in total. The van der Waals surface area contributed by atoms with Crippen molar-refractivity contribution < 1.29 is 19.2 Å². The zero-order chi connectivity index (χ0) is 23.1. The van der Waals surface area contributed by atoms with Gasteiger partial charge in [-0.15, -0.1) is 0 Å². The van der Waals surface area contributed by atoms with Crippen molar-refractivity contribution in [2.75, 3.05) is 19.6 Å². The molecule has 0 spiro atoms. The van der Waals surface area contributed by atoms with Crippen LogP contribution in [0.4, 0.5) is 0 Å². The second kappa shape index (κ2) is 9.14. The van der Waals surface area contributed by atoms with Gasteiger partial charge in [0, 0.05) is 25.6 Å². The van der Waals surface area contributed by atoms with Gasteiger partial charge in [-0.05, 0) is 68.9 Å². The van der Waals surface area contributed by atoms with Crippen molar-refractivity contribution >= 4 is 23.6 Å². The molecule has 8 nitrogen and oxygen atoms in total. The van der Waals surface area contributed by atoms with E-state index in [4.69, 9.17) is 5.73 Å². The van der Waals surface area contributed by atoms with Gasteiger partial charge in [-0.2, -0.15) is 0 Å². The molecule has 0 aromatic heterocycles. The lowest BCUT2D eigenvalue weighted by atomic mass is 9.80. The maximum absolute atomic E-state index is 13.2. The molecule has 4 amide bonds. The lowest BCUT2D eigenvalue weighted by Gasteiger charge is -2.37. The Bertz CT molecular complexity index is 904. The Balaban J connectivity index is 1.25. The number of nitrogens with two attached hydrogens (primary N) is 1. The normalized spacial score (nSPS) is 37.7. The monoisotopic (exact) mass is 454 g/mol. The average molecular weight is 455 g/mol. The van der Waals surface area contributed by atoms with Crippen LogP contribution in [0, 0.1) is 23.7 Å². The van der Waals surface area contributed by atoms with Crippen LogP contribution in [-0.2, 0) is 19.2 Å². The fourth-order valence-electron chi connectivity index (χ4n) is 6.33. The van der Waals surface area contributed by atoms with Crippen molar-refractivity contribution in [3.63, 3.8) is 0 Å². The highest BCUT2D eigenvalue weighted by Crippen LogP contribution is 2.38. The van der Waals surface area contributed by atoms with Gasteiger partial charge in [0.25, 0.3) is 0 Å². The van der Waals surface area contributed by atoms with Crippen molar-refractivity contribution in [1.82, 2.24) is 15.1 Å². The van der Waals surface area contributed by atoms with E-state index in [0.29, 0.717) is 12.0 Å². The van der Waals surface area contributed by atoms with Crippen LogP contribution in [0.25, 0.3) is 0 Å². The van der Waals surface area contributed by atoms with Crippen molar-refractivity contribution in [1.29, 1.82) is 0 Å². The third-order valence-corrected chi connectivity index (χ3v) is 8.21. The molecule has 4 atom stereocenters. The molecule has 178 valence electrons. The number of rotatable bonds is 4. The summed E-state index contributed by atoms with van der Waals surface area (Å²) in [4.78, 5) is 53.6. The van der Waals surface area contributed by atoms with Gasteiger partial charge in [0.2, 0.25) is 23.6 Å². The van der Waals surface area contributed by atoms with E-state index in [1.807, 2.05) is 18.2 Å². The summed E-state index contributed by atoms with van der Waals surface area (Å²) in [5.41, 5.74) is 7.20. The van der Waals surface area contributed by atoms with E-state index in [1.54, 1.807) is 0 Å². The molecule has 33 heavy (non-hydrogen) atoms. The molecule has 5 rings (SSSR count). The number of allylic oxidation sites excluding steroid dienone is 1. The Kier molecular flexibility index (Phi) is 6.22. The van der Waals surface area contributed by atoms with Crippen LogP contribution in [0.3, 0.4) is 0 Å². The molecule has 0 aromatic carbocycles. The van der Waals surface area contributed by atoms with E-state index >= 15 is 0 Å². The third kappa shape index (κ3) is 4.43. The minimum atomic E-state index is -0.882. The highest BCUT2D eigenvalue weighted by atomic mass is 16.2. The molecule has 3 heterocycles. The van der Waals surface area contributed by atoms with Crippen molar-refractivity contribution in [2.24, 2.45) is 29.4 Å². The van der Waals surface area contributed by atoms with Crippen LogP contribution >= 0.6 is 0 Å². The molecule has 8 heteroatoms. The first kappa shape index (κ1) is 22.5. The van der Waals surface area contributed by atoms with Crippen molar-refractivity contribution in [3.8, 4) is 0 Å². The number of nitrogens with one attached hydrogen (secondary N) is 1. The van der Waals surface area contributed by atoms with Gasteiger partial charge in [0.05, 0.1) is 11.8 Å². The summed E-state index contributed by atoms with van der Waals surface area (Å²) in [6, 6.07) is -0.514. The summed E-state index contributed by atoms with van der Waals surface area (Å²) in [7, 11) is 0. The lowest BCUT2D eigenvalue weighted by Crippen LogP contribution is -2.54. The van der Waals surface area contributed by atoms with Crippen LogP contribution in [0.2, 0.25) is 0 Å². The fourth-order valence-corrected chi connectivity index (χ4v) is 6.33. The van der Waals surface area contributed by atoms with Crippen LogP contribution in [0.5, 0.6) is 0 Å². The Hall–Kier alpha value is -2.32. The molecule has 1 saturated carbocycles. The molecule has 4 fully saturated rings. The molecule has 2 aliphatic carbocycles. The van der Waals surface area contributed by atoms with E-state index in [9.17, 15) is 19.2 Å². The first-order valence-corrected chi connectivity index (χ1v) is 12.5. The summed E-state index contributed by atoms with van der Waals surface area (Å²) < 4.78 is 0. The number of nitrogens with zero attached hydrogens (tertiary/aromatic N) is 2. The summed E-state index contributed by atoms with van der Waals surface area (Å²) >= 11 is 0. The van der Waals surface area contributed by atoms with Crippen LogP contribution in [-0.4, -0.2) is 65.1 Å². The number of hydrogen-bond donors (Lipinski definition) is 2. The van der Waals surface area contributed by atoms with E-state index in [-0.39, 0.29) is 30.6 Å². The van der Waals surface area contributed by atoms with Crippen molar-refractivity contribution in [2.45, 2.75) is 63.5 Å². The number of likely N-dealkylation sites (tertiary alicyclic amines) is 2. The Morgan fingerprint density at radius 1 is 0.970 bits per heavy atom. The summed E-state index contributed by atoms with van der Waals surface area (Å²) in [6.07, 6.45) is 13.1. The number of imide groups is 2. The Morgan fingerprint density at radius 2 is 1.73 bits per heavy atom. The standard InChI is InChI=1S/C25H34N4O4/c26-18-6-3-15(4-7-18)13-28-11-1-2-17(14-28)16-5-8-19-20(12-16)25(33)29(24(19)32)21-9-10-22(30)27-23(21)31/h5,8,12,15,17-21H,1-4,6-7,9-11,13-14,26H2,(H,27,30,31)/t15?,17-,18?,19?,20?,21?/m1/s1. The Morgan fingerprint density at radius 3 is 2.48 bits per heavy atom. The zero-order valence-electron chi connectivity index (χ0n) is 19.1. The molecule has 0 bridgehead atoms. The predicted octanol–water partition coefficient (Wildman–Crippen LogP) is 1.12. The smallest absolute Gasteiger partial charge is 0.249 e. The van der Waals surface area contributed by atoms with Crippen LogP contribution in [0.15, 0.2) is 23.8 Å². The van der Waals surface area contributed by atoms with E-state index in [0.717, 1.165) is 61.7 Å². The zero-order valence-corrected chi connectivity index (χ0v) is 19.1. The van der Waals surface area contributed by atoms with Gasteiger partial charge in [-0.3, -0.25) is 29.4 Å². The number of fused-ring (bicyclic) bond motifs is 1. The lowest BCUT2D eigenvalue weighted by molar-refractivity contribution is -0.151.